The molecular weight excluding hydrogens is 648 g/mol. The van der Waals surface area contributed by atoms with E-state index in [1.165, 1.54) is 34.4 Å². The van der Waals surface area contributed by atoms with Crippen molar-refractivity contribution in [3.8, 4) is 22.6 Å². The number of carbonyl (C=O) groups is 2. The molecule has 1 aliphatic carbocycles. The SMILES string of the molecule is C=CC(=O)C(C)OCCC(C)(C)Oc1ccc(C2(c3ccc(OC(C)(C)CCOC(C)(C)C(=O)C=C)cc3)c3ccccc3-c3ccccc32)cc1. The van der Waals surface area contributed by atoms with E-state index in [4.69, 9.17) is 18.9 Å². The minimum Gasteiger partial charge on any atom is -0.488 e. The van der Waals surface area contributed by atoms with Crippen LogP contribution in [0.2, 0.25) is 0 Å². The van der Waals surface area contributed by atoms with E-state index in [9.17, 15) is 9.59 Å². The van der Waals surface area contributed by atoms with E-state index in [1.807, 2.05) is 52.0 Å². The lowest BCUT2D eigenvalue weighted by atomic mass is 9.67. The van der Waals surface area contributed by atoms with Crippen LogP contribution in [0.5, 0.6) is 11.5 Å². The fourth-order valence-electron chi connectivity index (χ4n) is 6.91. The molecule has 4 aromatic carbocycles. The predicted molar refractivity (Wildman–Crippen MR) is 208 cm³/mol. The number of ether oxygens (including phenoxy) is 4. The zero-order valence-corrected chi connectivity index (χ0v) is 31.7. The normalized spacial score (nSPS) is 14.1. The van der Waals surface area contributed by atoms with Gasteiger partial charge in [0.05, 0.1) is 18.6 Å². The van der Waals surface area contributed by atoms with E-state index < -0.39 is 28.3 Å². The standard InChI is InChI=1S/C46H52O6/c1-10-41(47)32(3)49-30-28-43(4,5)51-35-24-20-33(21-25-35)46(39-18-14-12-16-37(39)38-17-13-15-19-40(38)46)34-22-26-36(27-23-34)52-44(6,7)29-31-50-45(8,9)42(48)11-2/h10-27,32H,1-2,28-31H2,3-9H3. The molecule has 6 nitrogen and oxygen atoms in total. The molecular formula is C46H52O6. The molecule has 0 aromatic heterocycles. The van der Waals surface area contributed by atoms with Gasteiger partial charge in [0, 0.05) is 12.8 Å². The Balaban J connectivity index is 1.42. The first-order valence-corrected chi connectivity index (χ1v) is 18.0. The van der Waals surface area contributed by atoms with Crippen LogP contribution in [-0.2, 0) is 24.5 Å². The molecule has 0 heterocycles. The first-order valence-electron chi connectivity index (χ1n) is 18.0. The molecule has 0 N–H and O–H groups in total. The molecule has 0 saturated carbocycles. The van der Waals surface area contributed by atoms with Crippen molar-refractivity contribution in [2.24, 2.45) is 0 Å². The van der Waals surface area contributed by atoms with Gasteiger partial charge in [-0.25, -0.2) is 0 Å². The highest BCUT2D eigenvalue weighted by Gasteiger charge is 2.46. The van der Waals surface area contributed by atoms with E-state index in [2.05, 4.69) is 86.0 Å². The molecule has 1 unspecified atom stereocenters. The minimum atomic E-state index is -0.927. The van der Waals surface area contributed by atoms with Crippen LogP contribution in [0.3, 0.4) is 0 Å². The molecule has 5 rings (SSSR count). The molecule has 0 radical (unpaired) electrons. The first kappa shape index (κ1) is 38.5. The lowest BCUT2D eigenvalue weighted by Crippen LogP contribution is -2.37. The zero-order chi connectivity index (χ0) is 37.7. The number of hydrogen-bond donors (Lipinski definition) is 0. The van der Waals surface area contributed by atoms with Gasteiger partial charge in [-0.05, 0) is 118 Å². The van der Waals surface area contributed by atoms with Crippen LogP contribution in [0.25, 0.3) is 11.1 Å². The third-order valence-electron chi connectivity index (χ3n) is 9.93. The summed E-state index contributed by atoms with van der Waals surface area (Å²) >= 11 is 0. The summed E-state index contributed by atoms with van der Waals surface area (Å²) in [7, 11) is 0. The molecule has 6 heteroatoms. The third-order valence-corrected chi connectivity index (χ3v) is 9.93. The van der Waals surface area contributed by atoms with Crippen LogP contribution >= 0.6 is 0 Å². The Kier molecular flexibility index (Phi) is 11.4. The van der Waals surface area contributed by atoms with Gasteiger partial charge in [0.2, 0.25) is 0 Å². The van der Waals surface area contributed by atoms with E-state index in [0.29, 0.717) is 26.1 Å². The second kappa shape index (κ2) is 15.4. The monoisotopic (exact) mass is 700 g/mol. The Morgan fingerprint density at radius 3 is 1.54 bits per heavy atom. The van der Waals surface area contributed by atoms with Crippen molar-refractivity contribution in [2.75, 3.05) is 13.2 Å². The largest absolute Gasteiger partial charge is 0.488 e. The van der Waals surface area contributed by atoms with Gasteiger partial charge in [0.25, 0.3) is 0 Å². The summed E-state index contributed by atoms with van der Waals surface area (Å²) in [6.45, 7) is 21.3. The molecule has 1 aliphatic rings. The maximum atomic E-state index is 12.2. The number of benzene rings is 4. The summed E-state index contributed by atoms with van der Waals surface area (Å²) in [6.07, 6.45) is 3.28. The number of hydrogen-bond acceptors (Lipinski definition) is 6. The molecule has 52 heavy (non-hydrogen) atoms. The molecule has 272 valence electrons. The van der Waals surface area contributed by atoms with Gasteiger partial charge in [0.15, 0.2) is 11.6 Å². The van der Waals surface area contributed by atoms with Gasteiger partial charge >= 0.3 is 0 Å². The summed E-state index contributed by atoms with van der Waals surface area (Å²) in [5, 5.41) is 0. The third kappa shape index (κ3) is 8.14. The van der Waals surface area contributed by atoms with Crippen molar-refractivity contribution >= 4 is 11.6 Å². The van der Waals surface area contributed by atoms with E-state index in [1.54, 1.807) is 20.8 Å². The summed E-state index contributed by atoms with van der Waals surface area (Å²) in [4.78, 5) is 24.0. The fraction of sp³-hybridized carbons (Fsp3) is 0.348. The lowest BCUT2D eigenvalue weighted by Gasteiger charge is -2.34. The Morgan fingerprint density at radius 2 is 1.10 bits per heavy atom. The molecule has 1 atom stereocenters. The second-order valence-electron chi connectivity index (χ2n) is 15.2. The van der Waals surface area contributed by atoms with E-state index >= 15 is 0 Å². The summed E-state index contributed by atoms with van der Waals surface area (Å²) in [6, 6.07) is 34.1. The molecule has 0 fully saturated rings. The highest BCUT2D eigenvalue weighted by Crippen LogP contribution is 2.56. The fourth-order valence-corrected chi connectivity index (χ4v) is 6.91. The van der Waals surface area contributed by atoms with Crippen molar-refractivity contribution in [1.82, 2.24) is 0 Å². The first-order chi connectivity index (χ1) is 24.6. The van der Waals surface area contributed by atoms with Crippen molar-refractivity contribution in [1.29, 1.82) is 0 Å². The average molecular weight is 701 g/mol. The number of rotatable bonds is 18. The van der Waals surface area contributed by atoms with Gasteiger partial charge in [-0.1, -0.05) is 86.0 Å². The van der Waals surface area contributed by atoms with Crippen LogP contribution in [0, 0.1) is 0 Å². The molecule has 4 aromatic rings. The smallest absolute Gasteiger partial charge is 0.186 e. The summed E-state index contributed by atoms with van der Waals surface area (Å²) in [5.74, 6) is 1.23. The molecule has 0 bridgehead atoms. The number of ketones is 2. The summed E-state index contributed by atoms with van der Waals surface area (Å²) in [5.41, 5.74) is 4.55. The van der Waals surface area contributed by atoms with Crippen LogP contribution in [-0.4, -0.2) is 47.7 Å². The number of carbonyl (C=O) groups excluding carboxylic acids is 2. The van der Waals surface area contributed by atoms with Crippen molar-refractivity contribution in [3.05, 3.63) is 145 Å². The van der Waals surface area contributed by atoms with Gasteiger partial charge in [-0.2, -0.15) is 0 Å². The minimum absolute atomic E-state index is 0.131. The highest BCUT2D eigenvalue weighted by molar-refractivity contribution is 5.96. The topological polar surface area (TPSA) is 71.1 Å². The summed E-state index contributed by atoms with van der Waals surface area (Å²) < 4.78 is 24.6. The average Bonchev–Trinajstić information content (AvgIpc) is 3.42. The predicted octanol–water partition coefficient (Wildman–Crippen LogP) is 9.86. The highest BCUT2D eigenvalue weighted by atomic mass is 16.5. The Labute approximate surface area is 309 Å². The van der Waals surface area contributed by atoms with Crippen LogP contribution < -0.4 is 9.47 Å². The Morgan fingerprint density at radius 1 is 0.654 bits per heavy atom. The molecule has 0 saturated heterocycles. The van der Waals surface area contributed by atoms with Crippen molar-refractivity contribution in [3.63, 3.8) is 0 Å². The quantitative estimate of drug-likeness (QED) is 0.0848. The molecule has 0 aliphatic heterocycles. The van der Waals surface area contributed by atoms with E-state index in [0.717, 1.165) is 22.6 Å². The molecule has 0 amide bonds. The van der Waals surface area contributed by atoms with Crippen molar-refractivity contribution in [2.45, 2.75) is 89.6 Å². The van der Waals surface area contributed by atoms with Crippen molar-refractivity contribution < 1.29 is 28.5 Å². The molecule has 0 spiro atoms. The maximum Gasteiger partial charge on any atom is 0.186 e. The van der Waals surface area contributed by atoms with Gasteiger partial charge in [0.1, 0.15) is 34.4 Å². The lowest BCUT2D eigenvalue weighted by molar-refractivity contribution is -0.136. The Bertz CT molecular complexity index is 1850. The second-order valence-corrected chi connectivity index (χ2v) is 15.2. The van der Waals surface area contributed by atoms with Gasteiger partial charge < -0.3 is 18.9 Å². The zero-order valence-electron chi connectivity index (χ0n) is 31.7. The van der Waals surface area contributed by atoms with Crippen LogP contribution in [0.1, 0.15) is 83.6 Å². The Hall–Kier alpha value is -4.78. The van der Waals surface area contributed by atoms with Crippen LogP contribution in [0.15, 0.2) is 122 Å². The van der Waals surface area contributed by atoms with Gasteiger partial charge in [-0.15, -0.1) is 0 Å². The maximum absolute atomic E-state index is 12.2. The number of fused-ring (bicyclic) bond motifs is 3. The van der Waals surface area contributed by atoms with E-state index in [-0.39, 0.29) is 11.6 Å². The van der Waals surface area contributed by atoms with Crippen LogP contribution in [0.4, 0.5) is 0 Å². The van der Waals surface area contributed by atoms with Gasteiger partial charge in [-0.3, -0.25) is 9.59 Å².